The average molecular weight is 154 g/mol. The molecule has 1 rings (SSSR count). The summed E-state index contributed by atoms with van der Waals surface area (Å²) in [4.78, 5) is 9.97. The summed E-state index contributed by atoms with van der Waals surface area (Å²) in [6.07, 6.45) is 2.24. The van der Waals surface area contributed by atoms with Gasteiger partial charge in [0.25, 0.3) is 0 Å². The number of benzene rings is 1. The molecule has 0 bridgehead atoms. The van der Waals surface area contributed by atoms with Crippen LogP contribution in [0.1, 0.15) is 5.56 Å². The monoisotopic (exact) mass is 153 g/mol. The lowest BCUT2D eigenvalue weighted by Crippen LogP contribution is -1.79. The van der Waals surface area contributed by atoms with E-state index in [2.05, 4.69) is 0 Å². The SMILES string of the molecule is O=C[CH]c1ccc(Cl)cc1. The summed E-state index contributed by atoms with van der Waals surface area (Å²) < 4.78 is 0. The van der Waals surface area contributed by atoms with Crippen LogP contribution < -0.4 is 0 Å². The quantitative estimate of drug-likeness (QED) is 0.595. The molecular weight excluding hydrogens is 148 g/mol. The highest BCUT2D eigenvalue weighted by atomic mass is 35.5. The van der Waals surface area contributed by atoms with Gasteiger partial charge in [-0.25, -0.2) is 0 Å². The minimum atomic E-state index is 0.683. The molecule has 10 heavy (non-hydrogen) atoms. The van der Waals surface area contributed by atoms with Crippen LogP contribution in [-0.4, -0.2) is 6.29 Å². The fourth-order valence-electron chi connectivity index (χ4n) is 0.652. The zero-order valence-corrected chi connectivity index (χ0v) is 6.01. The van der Waals surface area contributed by atoms with E-state index in [1.807, 2.05) is 0 Å². The molecule has 0 atom stereocenters. The predicted octanol–water partition coefficient (Wildman–Crippen LogP) is 2.09. The van der Waals surface area contributed by atoms with E-state index in [9.17, 15) is 4.79 Å². The average Bonchev–Trinajstić information content (AvgIpc) is 1.95. The van der Waals surface area contributed by atoms with Gasteiger partial charge in [0.2, 0.25) is 0 Å². The second-order valence-corrected chi connectivity index (χ2v) is 2.29. The summed E-state index contributed by atoms with van der Waals surface area (Å²) >= 11 is 5.61. The van der Waals surface area contributed by atoms with E-state index in [1.165, 1.54) is 6.42 Å². The Balaban J connectivity index is 2.78. The first-order valence-electron chi connectivity index (χ1n) is 2.87. The highest BCUT2D eigenvalue weighted by Crippen LogP contribution is 2.09. The molecule has 0 aromatic heterocycles. The standard InChI is InChI=1S/C8H6ClO/c9-8-3-1-7(2-4-8)5-6-10/h1-6H. The molecule has 0 heterocycles. The molecule has 1 aromatic rings. The second kappa shape index (κ2) is 3.37. The molecule has 1 nitrogen and oxygen atoms in total. The Morgan fingerprint density at radius 2 is 1.80 bits per heavy atom. The lowest BCUT2D eigenvalue weighted by Gasteiger charge is -1.92. The van der Waals surface area contributed by atoms with Gasteiger partial charge in [-0.3, -0.25) is 0 Å². The molecule has 0 amide bonds. The molecule has 0 saturated carbocycles. The van der Waals surface area contributed by atoms with Gasteiger partial charge in [0.15, 0.2) is 0 Å². The van der Waals surface area contributed by atoms with Crippen LogP contribution in [0.15, 0.2) is 24.3 Å². The highest BCUT2D eigenvalue weighted by molar-refractivity contribution is 6.30. The van der Waals surface area contributed by atoms with Gasteiger partial charge in [-0.2, -0.15) is 0 Å². The van der Waals surface area contributed by atoms with Gasteiger partial charge >= 0.3 is 0 Å². The Kier molecular flexibility index (Phi) is 2.46. The smallest absolute Gasteiger partial charge is 0.128 e. The van der Waals surface area contributed by atoms with Crippen molar-refractivity contribution in [3.63, 3.8) is 0 Å². The zero-order valence-electron chi connectivity index (χ0n) is 5.25. The second-order valence-electron chi connectivity index (χ2n) is 1.85. The maximum atomic E-state index is 9.97. The van der Waals surface area contributed by atoms with Crippen LogP contribution in [0.3, 0.4) is 0 Å². The van der Waals surface area contributed by atoms with E-state index >= 15 is 0 Å². The fraction of sp³-hybridized carbons (Fsp3) is 0. The van der Waals surface area contributed by atoms with Crippen LogP contribution in [-0.2, 0) is 4.79 Å². The molecule has 51 valence electrons. The molecule has 1 aromatic carbocycles. The van der Waals surface area contributed by atoms with Crippen molar-refractivity contribution in [3.8, 4) is 0 Å². The molecule has 0 aliphatic rings. The number of aldehydes is 1. The van der Waals surface area contributed by atoms with E-state index in [1.54, 1.807) is 24.3 Å². The molecule has 0 spiro atoms. The van der Waals surface area contributed by atoms with Crippen LogP contribution in [0, 0.1) is 6.42 Å². The summed E-state index contributed by atoms with van der Waals surface area (Å²) in [6.45, 7) is 0. The molecular formula is C8H6ClO. The molecule has 0 fully saturated rings. The number of carbonyl (C=O) groups is 1. The zero-order chi connectivity index (χ0) is 7.40. The summed E-state index contributed by atoms with van der Waals surface area (Å²) in [5.74, 6) is 0. The van der Waals surface area contributed by atoms with E-state index < -0.39 is 0 Å². The van der Waals surface area contributed by atoms with Gasteiger partial charge in [0, 0.05) is 5.02 Å². The van der Waals surface area contributed by atoms with Crippen molar-refractivity contribution < 1.29 is 4.79 Å². The van der Waals surface area contributed by atoms with Crippen molar-refractivity contribution in [2.24, 2.45) is 0 Å². The van der Waals surface area contributed by atoms with E-state index in [0.717, 1.165) is 11.8 Å². The van der Waals surface area contributed by atoms with Crippen molar-refractivity contribution in [1.82, 2.24) is 0 Å². The lowest BCUT2D eigenvalue weighted by molar-refractivity contribution is -0.104. The van der Waals surface area contributed by atoms with Crippen LogP contribution >= 0.6 is 11.6 Å². The topological polar surface area (TPSA) is 17.1 Å². The molecule has 0 saturated heterocycles. The summed E-state index contributed by atoms with van der Waals surface area (Å²) in [6, 6.07) is 7.07. The number of hydrogen-bond acceptors (Lipinski definition) is 1. The first-order chi connectivity index (χ1) is 4.83. The van der Waals surface area contributed by atoms with E-state index in [4.69, 9.17) is 11.6 Å². The Hall–Kier alpha value is -0.820. The van der Waals surface area contributed by atoms with Gasteiger partial charge < -0.3 is 4.79 Å². The fourth-order valence-corrected chi connectivity index (χ4v) is 0.778. The Morgan fingerprint density at radius 3 is 2.30 bits per heavy atom. The highest BCUT2D eigenvalue weighted by Gasteiger charge is 1.89. The van der Waals surface area contributed by atoms with Crippen molar-refractivity contribution in [2.45, 2.75) is 0 Å². The van der Waals surface area contributed by atoms with Crippen LogP contribution in [0.25, 0.3) is 0 Å². The van der Waals surface area contributed by atoms with Gasteiger partial charge in [-0.15, -0.1) is 0 Å². The summed E-state index contributed by atoms with van der Waals surface area (Å²) in [7, 11) is 0. The third kappa shape index (κ3) is 1.85. The number of carbonyl (C=O) groups excluding carboxylic acids is 1. The summed E-state index contributed by atoms with van der Waals surface area (Å²) in [5, 5.41) is 0.683. The molecule has 0 aliphatic heterocycles. The Morgan fingerprint density at radius 1 is 1.20 bits per heavy atom. The number of halogens is 1. The Bertz CT molecular complexity index is 215. The minimum Gasteiger partial charge on any atom is -0.303 e. The molecule has 0 N–H and O–H groups in total. The molecule has 1 radical (unpaired) electrons. The van der Waals surface area contributed by atoms with Crippen LogP contribution in [0.2, 0.25) is 5.02 Å². The Labute approximate surface area is 64.6 Å². The molecule has 0 unspecified atom stereocenters. The predicted molar refractivity (Wildman–Crippen MR) is 40.9 cm³/mol. The third-order valence-electron chi connectivity index (χ3n) is 1.13. The van der Waals surface area contributed by atoms with E-state index in [0.29, 0.717) is 5.02 Å². The van der Waals surface area contributed by atoms with Crippen molar-refractivity contribution in [2.75, 3.05) is 0 Å². The normalized spacial score (nSPS) is 9.30. The number of rotatable bonds is 2. The minimum absolute atomic E-state index is 0.683. The van der Waals surface area contributed by atoms with Gasteiger partial charge in [0.1, 0.15) is 6.29 Å². The molecule has 2 heteroatoms. The largest absolute Gasteiger partial charge is 0.303 e. The van der Waals surface area contributed by atoms with E-state index in [-0.39, 0.29) is 0 Å². The van der Waals surface area contributed by atoms with Gasteiger partial charge in [-0.1, -0.05) is 23.7 Å². The van der Waals surface area contributed by atoms with Crippen LogP contribution in [0.5, 0.6) is 0 Å². The van der Waals surface area contributed by atoms with Crippen molar-refractivity contribution >= 4 is 17.9 Å². The first-order valence-corrected chi connectivity index (χ1v) is 3.25. The van der Waals surface area contributed by atoms with Crippen LogP contribution in [0.4, 0.5) is 0 Å². The third-order valence-corrected chi connectivity index (χ3v) is 1.38. The summed E-state index contributed by atoms with van der Waals surface area (Å²) in [5.41, 5.74) is 0.874. The lowest BCUT2D eigenvalue weighted by atomic mass is 10.2. The van der Waals surface area contributed by atoms with Gasteiger partial charge in [-0.05, 0) is 17.7 Å². The van der Waals surface area contributed by atoms with Crippen molar-refractivity contribution in [3.05, 3.63) is 41.3 Å². The van der Waals surface area contributed by atoms with Gasteiger partial charge in [0.05, 0.1) is 6.42 Å². The molecule has 0 aliphatic carbocycles. The number of hydrogen-bond donors (Lipinski definition) is 0. The first kappa shape index (κ1) is 7.29. The van der Waals surface area contributed by atoms with Crippen molar-refractivity contribution in [1.29, 1.82) is 0 Å². The maximum Gasteiger partial charge on any atom is 0.128 e. The maximum absolute atomic E-state index is 9.97.